The van der Waals surface area contributed by atoms with E-state index < -0.39 is 10.0 Å². The van der Waals surface area contributed by atoms with Gasteiger partial charge in [0.15, 0.2) is 0 Å². The zero-order valence-corrected chi connectivity index (χ0v) is 14.9. The maximum atomic E-state index is 12.4. The van der Waals surface area contributed by atoms with E-state index in [1.54, 1.807) is 23.9 Å². The highest BCUT2D eigenvalue weighted by Crippen LogP contribution is 2.17. The van der Waals surface area contributed by atoms with Crippen LogP contribution in [-0.4, -0.2) is 33.0 Å². The van der Waals surface area contributed by atoms with Crippen molar-refractivity contribution in [3.05, 3.63) is 29.3 Å². The van der Waals surface area contributed by atoms with Crippen molar-refractivity contribution in [3.8, 4) is 0 Å². The van der Waals surface area contributed by atoms with E-state index in [1.807, 2.05) is 20.0 Å². The molecule has 2 N–H and O–H groups in total. The first kappa shape index (κ1) is 18.5. The Morgan fingerprint density at radius 2 is 1.95 bits per heavy atom. The molecule has 6 heteroatoms. The lowest BCUT2D eigenvalue weighted by molar-refractivity contribution is 0.570. The van der Waals surface area contributed by atoms with Crippen LogP contribution in [0.1, 0.15) is 31.9 Å². The number of sulfonamides is 1. The topological polar surface area (TPSA) is 58.2 Å². The van der Waals surface area contributed by atoms with Crippen molar-refractivity contribution in [2.24, 2.45) is 0 Å². The van der Waals surface area contributed by atoms with Gasteiger partial charge in [0, 0.05) is 18.3 Å². The number of thioether (sulfide) groups is 1. The molecular formula is C15H26N2O2S2. The molecule has 1 aromatic rings. The molecular weight excluding hydrogens is 304 g/mol. The van der Waals surface area contributed by atoms with Gasteiger partial charge >= 0.3 is 0 Å². The van der Waals surface area contributed by atoms with Gasteiger partial charge in [0.25, 0.3) is 0 Å². The predicted octanol–water partition coefficient (Wildman–Crippen LogP) is 2.39. The molecule has 0 aliphatic carbocycles. The van der Waals surface area contributed by atoms with Gasteiger partial charge in [0.1, 0.15) is 0 Å². The van der Waals surface area contributed by atoms with Crippen LogP contribution in [0.15, 0.2) is 23.1 Å². The minimum Gasteiger partial charge on any atom is -0.316 e. The first-order valence-corrected chi connectivity index (χ1v) is 9.94. The predicted molar refractivity (Wildman–Crippen MR) is 91.4 cm³/mol. The molecule has 0 bridgehead atoms. The molecule has 0 saturated heterocycles. The van der Waals surface area contributed by atoms with E-state index >= 15 is 0 Å². The zero-order valence-electron chi connectivity index (χ0n) is 13.3. The van der Waals surface area contributed by atoms with Crippen LogP contribution in [-0.2, 0) is 23.0 Å². The third kappa shape index (κ3) is 5.62. The molecule has 0 aromatic heterocycles. The largest absolute Gasteiger partial charge is 0.316 e. The fourth-order valence-electron chi connectivity index (χ4n) is 2.13. The lowest BCUT2D eigenvalue weighted by Crippen LogP contribution is -2.34. The van der Waals surface area contributed by atoms with Gasteiger partial charge in [0.05, 0.1) is 4.90 Å². The molecule has 1 aromatic carbocycles. The summed E-state index contributed by atoms with van der Waals surface area (Å²) in [5.74, 6) is 1.77. The van der Waals surface area contributed by atoms with Crippen LogP contribution in [0.5, 0.6) is 0 Å². The Labute approximate surface area is 133 Å². The van der Waals surface area contributed by atoms with Gasteiger partial charge in [-0.25, -0.2) is 13.1 Å². The number of hydrogen-bond donors (Lipinski definition) is 2. The highest BCUT2D eigenvalue weighted by atomic mass is 32.2. The summed E-state index contributed by atoms with van der Waals surface area (Å²) >= 11 is 1.73. The number of benzene rings is 1. The second-order valence-corrected chi connectivity index (χ2v) is 8.03. The van der Waals surface area contributed by atoms with Crippen LogP contribution in [0, 0.1) is 0 Å². The van der Waals surface area contributed by atoms with Crippen LogP contribution >= 0.6 is 11.8 Å². The highest BCUT2D eigenvalue weighted by Gasteiger charge is 2.18. The smallest absolute Gasteiger partial charge is 0.240 e. The summed E-state index contributed by atoms with van der Waals surface area (Å²) < 4.78 is 27.6. The number of aryl methyl sites for hydroxylation is 1. The highest BCUT2D eigenvalue weighted by molar-refractivity contribution is 7.99. The van der Waals surface area contributed by atoms with Gasteiger partial charge in [0.2, 0.25) is 10.0 Å². The first-order chi connectivity index (χ1) is 9.94. The zero-order chi connectivity index (χ0) is 15.9. The SMILES string of the molecule is CCSCC(C)NS(=O)(=O)c1ccc(CC)c(CNC)c1. The van der Waals surface area contributed by atoms with Gasteiger partial charge in [-0.3, -0.25) is 0 Å². The average Bonchev–Trinajstić information content (AvgIpc) is 2.45. The second-order valence-electron chi connectivity index (χ2n) is 5.00. The Morgan fingerprint density at radius 3 is 2.52 bits per heavy atom. The molecule has 0 fully saturated rings. The first-order valence-electron chi connectivity index (χ1n) is 7.31. The Morgan fingerprint density at radius 1 is 1.24 bits per heavy atom. The van der Waals surface area contributed by atoms with Crippen LogP contribution in [0.3, 0.4) is 0 Å². The minimum atomic E-state index is -3.45. The van der Waals surface area contributed by atoms with Crippen LogP contribution in [0.2, 0.25) is 0 Å². The summed E-state index contributed by atoms with van der Waals surface area (Å²) in [6.45, 7) is 6.72. The molecule has 120 valence electrons. The lowest BCUT2D eigenvalue weighted by atomic mass is 10.1. The fourth-order valence-corrected chi connectivity index (χ4v) is 4.20. The quantitative estimate of drug-likeness (QED) is 0.730. The summed E-state index contributed by atoms with van der Waals surface area (Å²) in [6.07, 6.45) is 0.897. The number of nitrogens with one attached hydrogen (secondary N) is 2. The maximum Gasteiger partial charge on any atom is 0.240 e. The molecule has 0 aliphatic heterocycles. The summed E-state index contributed by atoms with van der Waals surface area (Å²) in [6, 6.07) is 5.31. The molecule has 1 atom stereocenters. The van der Waals surface area contributed by atoms with Gasteiger partial charge in [-0.2, -0.15) is 11.8 Å². The van der Waals surface area contributed by atoms with E-state index in [0.717, 1.165) is 23.5 Å². The Bertz CT molecular complexity index is 545. The molecule has 1 unspecified atom stereocenters. The van der Waals surface area contributed by atoms with Crippen molar-refractivity contribution in [1.82, 2.24) is 10.0 Å². The molecule has 0 heterocycles. The van der Waals surface area contributed by atoms with E-state index in [1.165, 1.54) is 5.56 Å². The molecule has 0 saturated carbocycles. The van der Waals surface area contributed by atoms with Crippen molar-refractivity contribution in [1.29, 1.82) is 0 Å². The summed E-state index contributed by atoms with van der Waals surface area (Å²) in [5.41, 5.74) is 2.22. The van der Waals surface area contributed by atoms with Gasteiger partial charge in [-0.15, -0.1) is 0 Å². The standard InChI is InChI=1S/C15H26N2O2S2/c1-5-13-7-8-15(9-14(13)10-16-4)21(18,19)17-12(3)11-20-6-2/h7-9,12,16-17H,5-6,10-11H2,1-4H3. The molecule has 4 nitrogen and oxygen atoms in total. The van der Waals surface area contributed by atoms with E-state index in [-0.39, 0.29) is 6.04 Å². The van der Waals surface area contributed by atoms with E-state index in [4.69, 9.17) is 0 Å². The van der Waals surface area contributed by atoms with E-state index in [9.17, 15) is 8.42 Å². The normalized spacial score (nSPS) is 13.3. The Kier molecular flexibility index (Phi) is 7.73. The summed E-state index contributed by atoms with van der Waals surface area (Å²) in [4.78, 5) is 0.346. The molecule has 21 heavy (non-hydrogen) atoms. The van der Waals surface area contributed by atoms with Gasteiger partial charge in [-0.1, -0.05) is 19.9 Å². The molecule has 0 spiro atoms. The summed E-state index contributed by atoms with van der Waals surface area (Å²) in [5, 5.41) is 3.09. The lowest BCUT2D eigenvalue weighted by Gasteiger charge is -2.15. The van der Waals surface area contributed by atoms with Crippen molar-refractivity contribution < 1.29 is 8.42 Å². The van der Waals surface area contributed by atoms with Crippen molar-refractivity contribution in [2.45, 2.75) is 44.7 Å². The third-order valence-corrected chi connectivity index (χ3v) is 5.90. The number of rotatable bonds is 9. The van der Waals surface area contributed by atoms with Crippen molar-refractivity contribution in [3.63, 3.8) is 0 Å². The van der Waals surface area contributed by atoms with Crippen LogP contribution < -0.4 is 10.0 Å². The van der Waals surface area contributed by atoms with Crippen LogP contribution in [0.25, 0.3) is 0 Å². The fraction of sp³-hybridized carbons (Fsp3) is 0.600. The van der Waals surface area contributed by atoms with Crippen molar-refractivity contribution >= 4 is 21.8 Å². The van der Waals surface area contributed by atoms with E-state index in [2.05, 4.69) is 23.9 Å². The molecule has 0 radical (unpaired) electrons. The van der Waals surface area contributed by atoms with Crippen molar-refractivity contribution in [2.75, 3.05) is 18.6 Å². The number of hydrogen-bond acceptors (Lipinski definition) is 4. The van der Waals surface area contributed by atoms with Gasteiger partial charge in [-0.05, 0) is 49.4 Å². The monoisotopic (exact) mass is 330 g/mol. The van der Waals surface area contributed by atoms with E-state index in [0.29, 0.717) is 11.4 Å². The second kappa shape index (κ2) is 8.78. The average molecular weight is 331 g/mol. The maximum absolute atomic E-state index is 12.4. The Hall–Kier alpha value is -0.560. The molecule has 0 aliphatic rings. The Balaban J connectivity index is 2.94. The minimum absolute atomic E-state index is 0.0708. The molecule has 1 rings (SSSR count). The van der Waals surface area contributed by atoms with Gasteiger partial charge < -0.3 is 5.32 Å². The summed E-state index contributed by atoms with van der Waals surface area (Å²) in [7, 11) is -1.58. The van der Waals surface area contributed by atoms with Crippen LogP contribution in [0.4, 0.5) is 0 Å². The molecule has 0 amide bonds. The third-order valence-electron chi connectivity index (χ3n) is 3.16.